The predicted octanol–water partition coefficient (Wildman–Crippen LogP) is 3.39. The second-order valence-corrected chi connectivity index (χ2v) is 9.57. The Hall–Kier alpha value is -2.20. The summed E-state index contributed by atoms with van der Waals surface area (Å²) < 4.78 is 46.1. The predicted molar refractivity (Wildman–Crippen MR) is 113 cm³/mol. The van der Waals surface area contributed by atoms with Gasteiger partial charge in [0.2, 0.25) is 10.0 Å². The summed E-state index contributed by atoms with van der Waals surface area (Å²) in [6, 6.07) is 7.99. The molecule has 31 heavy (non-hydrogen) atoms. The molecule has 1 amide bonds. The summed E-state index contributed by atoms with van der Waals surface area (Å²) in [5.74, 6) is -2.03. The molecule has 2 aromatic rings. The van der Waals surface area contributed by atoms with E-state index >= 15 is 0 Å². The fourth-order valence-corrected chi connectivity index (χ4v) is 4.82. The molecule has 1 aliphatic carbocycles. The van der Waals surface area contributed by atoms with Gasteiger partial charge in [-0.25, -0.2) is 22.3 Å². The largest absolute Gasteiger partial charge is 0.452 e. The zero-order valence-electron chi connectivity index (χ0n) is 16.4. The third kappa shape index (κ3) is 5.94. The standard InChI is InChI=1S/C20H19Cl2FN2O5S/c1-25(10-12-4-2-3-5-17(12)23)19(26)11-30-20(27)14-8-18(16(22)9-15(14)21)31(28,29)24-13-6-7-13/h2-5,8-9,13,24H,6-7,10-11H2,1H3. The zero-order chi connectivity index (χ0) is 22.8. The number of sulfonamides is 1. The van der Waals surface area contributed by atoms with Crippen LogP contribution < -0.4 is 4.72 Å². The second-order valence-electron chi connectivity index (χ2n) is 7.08. The van der Waals surface area contributed by atoms with E-state index in [1.165, 1.54) is 30.1 Å². The quantitative estimate of drug-likeness (QED) is 0.574. The number of amides is 1. The summed E-state index contributed by atoms with van der Waals surface area (Å²) in [7, 11) is -2.51. The minimum atomic E-state index is -3.94. The molecular formula is C20H19Cl2FN2O5S. The summed E-state index contributed by atoms with van der Waals surface area (Å²) in [5.41, 5.74) is 0.0650. The first-order valence-corrected chi connectivity index (χ1v) is 11.5. The van der Waals surface area contributed by atoms with Crippen molar-refractivity contribution in [2.75, 3.05) is 13.7 Å². The summed E-state index contributed by atoms with van der Waals surface area (Å²) in [4.78, 5) is 25.6. The van der Waals surface area contributed by atoms with E-state index < -0.39 is 34.3 Å². The summed E-state index contributed by atoms with van der Waals surface area (Å²) >= 11 is 12.0. The van der Waals surface area contributed by atoms with E-state index in [0.717, 1.165) is 25.0 Å². The van der Waals surface area contributed by atoms with Crippen LogP contribution in [-0.2, 0) is 26.1 Å². The molecule has 2 aromatic carbocycles. The minimum absolute atomic E-state index is 0.0139. The normalized spacial score (nSPS) is 13.7. The maximum absolute atomic E-state index is 13.7. The van der Waals surface area contributed by atoms with Crippen molar-refractivity contribution in [1.29, 1.82) is 0 Å². The zero-order valence-corrected chi connectivity index (χ0v) is 18.7. The van der Waals surface area contributed by atoms with Gasteiger partial charge in [0, 0.05) is 25.2 Å². The van der Waals surface area contributed by atoms with Crippen molar-refractivity contribution in [2.45, 2.75) is 30.3 Å². The number of benzene rings is 2. The van der Waals surface area contributed by atoms with Crippen LogP contribution in [0.4, 0.5) is 4.39 Å². The SMILES string of the molecule is CN(Cc1ccccc1F)C(=O)COC(=O)c1cc(S(=O)(=O)NC2CC2)c(Cl)cc1Cl. The Morgan fingerprint density at radius 2 is 1.87 bits per heavy atom. The highest BCUT2D eigenvalue weighted by molar-refractivity contribution is 7.89. The van der Waals surface area contributed by atoms with Gasteiger partial charge in [-0.15, -0.1) is 0 Å². The van der Waals surface area contributed by atoms with Crippen LogP contribution in [-0.4, -0.2) is 44.9 Å². The van der Waals surface area contributed by atoms with E-state index in [9.17, 15) is 22.4 Å². The molecule has 166 valence electrons. The van der Waals surface area contributed by atoms with Crippen molar-refractivity contribution < 1.29 is 27.1 Å². The average molecular weight is 489 g/mol. The molecule has 0 radical (unpaired) electrons. The Balaban J connectivity index is 1.67. The Labute approximate surface area is 189 Å². The minimum Gasteiger partial charge on any atom is -0.452 e. The third-order valence-electron chi connectivity index (χ3n) is 4.55. The molecule has 0 atom stereocenters. The number of hydrogen-bond donors (Lipinski definition) is 1. The number of carbonyl (C=O) groups is 2. The molecule has 7 nitrogen and oxygen atoms in total. The van der Waals surface area contributed by atoms with Crippen molar-refractivity contribution >= 4 is 45.1 Å². The first-order chi connectivity index (χ1) is 14.6. The molecule has 0 bridgehead atoms. The van der Waals surface area contributed by atoms with Crippen LogP contribution in [0.2, 0.25) is 10.0 Å². The van der Waals surface area contributed by atoms with Gasteiger partial charge >= 0.3 is 5.97 Å². The van der Waals surface area contributed by atoms with Crippen LogP contribution in [0.1, 0.15) is 28.8 Å². The van der Waals surface area contributed by atoms with Gasteiger partial charge in [0.05, 0.1) is 15.6 Å². The maximum Gasteiger partial charge on any atom is 0.340 e. The van der Waals surface area contributed by atoms with Crippen LogP contribution in [0.5, 0.6) is 0 Å². The number of hydrogen-bond acceptors (Lipinski definition) is 5. The lowest BCUT2D eigenvalue weighted by atomic mass is 10.2. The molecule has 1 saturated carbocycles. The number of rotatable bonds is 8. The van der Waals surface area contributed by atoms with Crippen molar-refractivity contribution in [1.82, 2.24) is 9.62 Å². The van der Waals surface area contributed by atoms with E-state index in [-0.39, 0.29) is 33.1 Å². The van der Waals surface area contributed by atoms with Gasteiger partial charge in [-0.3, -0.25) is 4.79 Å². The van der Waals surface area contributed by atoms with Gasteiger partial charge in [-0.2, -0.15) is 0 Å². The monoisotopic (exact) mass is 488 g/mol. The van der Waals surface area contributed by atoms with Crippen LogP contribution >= 0.6 is 23.2 Å². The highest BCUT2D eigenvalue weighted by Gasteiger charge is 2.30. The van der Waals surface area contributed by atoms with E-state index in [2.05, 4.69) is 4.72 Å². The van der Waals surface area contributed by atoms with Gasteiger partial charge < -0.3 is 9.64 Å². The van der Waals surface area contributed by atoms with Crippen LogP contribution in [0.15, 0.2) is 41.3 Å². The maximum atomic E-state index is 13.7. The highest BCUT2D eigenvalue weighted by Crippen LogP contribution is 2.31. The van der Waals surface area contributed by atoms with Crippen molar-refractivity contribution in [2.24, 2.45) is 0 Å². The van der Waals surface area contributed by atoms with Gasteiger partial charge in [-0.1, -0.05) is 41.4 Å². The van der Waals surface area contributed by atoms with E-state index in [1.807, 2.05) is 0 Å². The number of ether oxygens (including phenoxy) is 1. The van der Waals surface area contributed by atoms with Gasteiger partial charge in [0.1, 0.15) is 10.7 Å². The Kier molecular flexibility index (Phi) is 7.20. The van der Waals surface area contributed by atoms with Gasteiger partial charge in [-0.05, 0) is 31.0 Å². The first kappa shape index (κ1) is 23.5. The summed E-state index contributed by atoms with van der Waals surface area (Å²) in [6.45, 7) is -0.648. The lowest BCUT2D eigenvalue weighted by Gasteiger charge is -2.18. The number of likely N-dealkylation sites (N-methyl/N-ethyl adjacent to an activating group) is 1. The lowest BCUT2D eigenvalue weighted by Crippen LogP contribution is -2.31. The Morgan fingerprint density at radius 3 is 2.52 bits per heavy atom. The Bertz CT molecular complexity index is 1120. The summed E-state index contributed by atoms with van der Waals surface area (Å²) in [6.07, 6.45) is 1.45. The highest BCUT2D eigenvalue weighted by atomic mass is 35.5. The molecule has 0 spiro atoms. The third-order valence-corrected chi connectivity index (χ3v) is 6.85. The molecular weight excluding hydrogens is 470 g/mol. The van der Waals surface area contributed by atoms with Crippen molar-refractivity contribution in [3.63, 3.8) is 0 Å². The van der Waals surface area contributed by atoms with Crippen molar-refractivity contribution in [3.05, 3.63) is 63.4 Å². The molecule has 0 aromatic heterocycles. The molecule has 11 heteroatoms. The molecule has 1 aliphatic rings. The average Bonchev–Trinajstić information content (AvgIpc) is 3.50. The molecule has 1 N–H and O–H groups in total. The number of esters is 1. The number of nitrogens with zero attached hydrogens (tertiary/aromatic N) is 1. The number of halogens is 3. The van der Waals surface area contributed by atoms with Gasteiger partial charge in [0.15, 0.2) is 6.61 Å². The number of carbonyl (C=O) groups excluding carboxylic acids is 2. The van der Waals surface area contributed by atoms with E-state index in [1.54, 1.807) is 6.07 Å². The van der Waals surface area contributed by atoms with E-state index in [0.29, 0.717) is 5.56 Å². The fourth-order valence-electron chi connectivity index (χ4n) is 2.66. The molecule has 3 rings (SSSR count). The topological polar surface area (TPSA) is 92.8 Å². The molecule has 1 fully saturated rings. The fraction of sp³-hybridized carbons (Fsp3) is 0.300. The number of nitrogens with one attached hydrogen (secondary N) is 1. The lowest BCUT2D eigenvalue weighted by molar-refractivity contribution is -0.133. The molecule has 0 unspecified atom stereocenters. The first-order valence-electron chi connectivity index (χ1n) is 9.24. The van der Waals surface area contributed by atoms with Gasteiger partial charge in [0.25, 0.3) is 5.91 Å². The molecule has 0 saturated heterocycles. The van der Waals surface area contributed by atoms with Crippen LogP contribution in [0.3, 0.4) is 0 Å². The van der Waals surface area contributed by atoms with E-state index in [4.69, 9.17) is 27.9 Å². The van der Waals surface area contributed by atoms with Crippen molar-refractivity contribution in [3.8, 4) is 0 Å². The van der Waals surface area contributed by atoms with Crippen LogP contribution in [0, 0.1) is 5.82 Å². The smallest absolute Gasteiger partial charge is 0.340 e. The second kappa shape index (κ2) is 9.52. The van der Waals surface area contributed by atoms with Crippen LogP contribution in [0.25, 0.3) is 0 Å². The molecule has 0 heterocycles. The molecule has 0 aliphatic heterocycles. The summed E-state index contributed by atoms with van der Waals surface area (Å²) in [5, 5.41) is -0.261. The Morgan fingerprint density at radius 1 is 1.19 bits per heavy atom.